The van der Waals surface area contributed by atoms with Gasteiger partial charge in [0.1, 0.15) is 0 Å². The fraction of sp³-hybridized carbons (Fsp3) is 0. The van der Waals surface area contributed by atoms with Crippen molar-refractivity contribution in [3.8, 4) is 0 Å². The van der Waals surface area contributed by atoms with Gasteiger partial charge in [-0.25, -0.2) is 0 Å². The maximum Gasteiger partial charge on any atom is 0.291 e. The van der Waals surface area contributed by atoms with Crippen LogP contribution in [0.25, 0.3) is 0 Å². The van der Waals surface area contributed by atoms with Gasteiger partial charge in [-0.3, -0.25) is 0 Å². The van der Waals surface area contributed by atoms with E-state index in [9.17, 15) is 0 Å². The maximum absolute atomic E-state index is 8.36. The minimum Gasteiger partial charge on any atom is -0.412 e. The van der Waals surface area contributed by atoms with Crippen LogP contribution in [0.4, 0.5) is 0 Å². The molecule has 7 heteroatoms. The Bertz CT molecular complexity index is 31.1. The second-order valence-corrected chi connectivity index (χ2v) is 0.238. The van der Waals surface area contributed by atoms with Crippen LogP contribution in [0, 0.1) is 10.1 Å². The van der Waals surface area contributed by atoms with Crippen molar-refractivity contribution in [2.24, 2.45) is 0 Å². The van der Waals surface area contributed by atoms with E-state index in [1.807, 2.05) is 0 Å². The minimum absolute atomic E-state index is 0. The third-order valence-electron chi connectivity index (χ3n) is 0. The van der Waals surface area contributed by atoms with Crippen LogP contribution in [0.15, 0.2) is 0 Å². The van der Waals surface area contributed by atoms with Crippen LogP contribution in [0.1, 0.15) is 0 Å². The first-order chi connectivity index (χ1) is 1.73. The van der Waals surface area contributed by atoms with Gasteiger partial charge in [0.25, 0.3) is 5.09 Å². The first-order valence-electron chi connectivity index (χ1n) is 0.565. The van der Waals surface area contributed by atoms with Gasteiger partial charge < -0.3 is 16.2 Å². The van der Waals surface area contributed by atoms with Gasteiger partial charge in [-0.05, 0) is 0 Å². The molecule has 0 rings (SSSR count). The second-order valence-electron chi connectivity index (χ2n) is 0.238. The molecule has 0 aromatic heterocycles. The zero-order chi connectivity index (χ0) is 3.58. The minimum atomic E-state index is -1.50. The second kappa shape index (κ2) is 16.3. The molecule has 0 aliphatic rings. The average molecular weight is 188 g/mol. The van der Waals surface area contributed by atoms with Gasteiger partial charge >= 0.3 is 0 Å². The molecular weight excluding hydrogens is 183 g/mol. The van der Waals surface area contributed by atoms with Gasteiger partial charge in [0.05, 0.1) is 0 Å². The number of nitrogens with zero attached hydrogens (tertiary/aromatic N) is 1. The Morgan fingerprint density at radius 3 is 1.43 bits per heavy atom. The molecule has 0 saturated heterocycles. The van der Waals surface area contributed by atoms with Crippen LogP contribution in [0.5, 0.6) is 0 Å². The van der Waals surface area contributed by atoms with Gasteiger partial charge in [0.15, 0.2) is 0 Å². The molecule has 6 nitrogen and oxygen atoms in total. The van der Waals surface area contributed by atoms with Crippen LogP contribution < -0.4 is 0 Å². The summed E-state index contributed by atoms with van der Waals surface area (Å²) < 4.78 is 0. The van der Waals surface area contributed by atoms with Gasteiger partial charge in [-0.15, -0.1) is 10.1 Å². The van der Waals surface area contributed by atoms with Crippen LogP contribution in [0.3, 0.4) is 0 Å². The summed E-state index contributed by atoms with van der Waals surface area (Å²) >= 11 is 0. The molecule has 43 valence electrons. The zero-order valence-corrected chi connectivity index (χ0v) is 6.13. The van der Waals surface area contributed by atoms with E-state index in [2.05, 4.69) is 0 Å². The van der Waals surface area contributed by atoms with E-state index in [4.69, 9.17) is 15.3 Å². The van der Waals surface area contributed by atoms with Crippen LogP contribution in [-0.4, -0.2) is 21.2 Å². The van der Waals surface area contributed by atoms with Gasteiger partial charge in [0, 0.05) is 32.7 Å². The Balaban J connectivity index is -0.0000000150. The van der Waals surface area contributed by atoms with E-state index in [1.54, 1.807) is 0 Å². The van der Waals surface area contributed by atoms with E-state index in [1.165, 1.54) is 0 Å². The largest absolute Gasteiger partial charge is 0.412 e. The zero-order valence-electron chi connectivity index (χ0n) is 3.29. The van der Waals surface area contributed by atoms with Crippen LogP contribution in [0.2, 0.25) is 0 Å². The smallest absolute Gasteiger partial charge is 0.291 e. The summed E-state index contributed by atoms with van der Waals surface area (Å²) in [5.41, 5.74) is 0. The molecule has 1 radical (unpaired) electrons. The molecule has 0 aliphatic heterocycles. The Morgan fingerprint density at radius 2 is 1.43 bits per heavy atom. The summed E-state index contributed by atoms with van der Waals surface area (Å²) in [5, 5.41) is 13.6. The normalized spacial score (nSPS) is 3.43. The summed E-state index contributed by atoms with van der Waals surface area (Å²) in [5.74, 6) is 0. The van der Waals surface area contributed by atoms with E-state index < -0.39 is 5.09 Å². The Hall–Kier alpha value is 0.224. The Kier molecular flexibility index (Phi) is 62.9. The molecule has 0 saturated carbocycles. The molecule has 0 aromatic carbocycles. The van der Waals surface area contributed by atoms with Crippen molar-refractivity contribution in [2.75, 3.05) is 0 Å². The molecule has 0 amide bonds. The van der Waals surface area contributed by atoms with Gasteiger partial charge in [-0.2, -0.15) is 0 Å². The van der Waals surface area contributed by atoms with Gasteiger partial charge in [0.2, 0.25) is 0 Å². The number of rotatable bonds is 0. The van der Waals surface area contributed by atoms with Crippen molar-refractivity contribution in [2.45, 2.75) is 0 Å². The summed E-state index contributed by atoms with van der Waals surface area (Å²) in [7, 11) is 0. The summed E-state index contributed by atoms with van der Waals surface area (Å²) in [6.45, 7) is 0. The van der Waals surface area contributed by atoms with Crippen molar-refractivity contribution in [3.05, 3.63) is 10.1 Å². The number of hydrogen-bond donors (Lipinski definition) is 1. The molecular formula is H5NO5Y. The summed E-state index contributed by atoms with van der Waals surface area (Å²) in [4.78, 5) is 8.36. The molecule has 0 atom stereocenters. The average Bonchev–Trinajstić information content (AvgIpc) is 0.811. The monoisotopic (exact) mass is 188 g/mol. The van der Waals surface area contributed by atoms with E-state index >= 15 is 0 Å². The standard InChI is InChI=1S/HNO3.2H2O.Y/c2-1(3)4;;;/h(H,2,3,4);2*1H2;. The van der Waals surface area contributed by atoms with E-state index in [0.29, 0.717) is 0 Å². The molecule has 0 aliphatic carbocycles. The topological polar surface area (TPSA) is 126 Å². The summed E-state index contributed by atoms with van der Waals surface area (Å²) in [6, 6.07) is 0. The summed E-state index contributed by atoms with van der Waals surface area (Å²) in [6.07, 6.45) is 0. The molecule has 0 unspecified atom stereocenters. The van der Waals surface area contributed by atoms with Crippen LogP contribution in [-0.2, 0) is 32.7 Å². The van der Waals surface area contributed by atoms with E-state index in [-0.39, 0.29) is 43.7 Å². The van der Waals surface area contributed by atoms with Crippen molar-refractivity contribution >= 4 is 0 Å². The van der Waals surface area contributed by atoms with Crippen molar-refractivity contribution in [1.29, 1.82) is 0 Å². The maximum atomic E-state index is 8.36. The van der Waals surface area contributed by atoms with Gasteiger partial charge in [-0.1, -0.05) is 0 Å². The fourth-order valence-corrected chi connectivity index (χ4v) is 0. The van der Waals surface area contributed by atoms with Crippen molar-refractivity contribution in [3.63, 3.8) is 0 Å². The Labute approximate surface area is 64.1 Å². The van der Waals surface area contributed by atoms with Crippen molar-refractivity contribution < 1.29 is 54.0 Å². The first kappa shape index (κ1) is 26.9. The third kappa shape index (κ3) is 2220. The predicted molar refractivity (Wildman–Crippen MR) is 16.0 cm³/mol. The van der Waals surface area contributed by atoms with E-state index in [0.717, 1.165) is 0 Å². The third-order valence-corrected chi connectivity index (χ3v) is 0. The Morgan fingerprint density at radius 1 is 1.43 bits per heavy atom. The fourth-order valence-electron chi connectivity index (χ4n) is 0. The van der Waals surface area contributed by atoms with Crippen molar-refractivity contribution in [1.82, 2.24) is 0 Å². The number of hydrogen-bond acceptors (Lipinski definition) is 2. The molecule has 0 aromatic rings. The quantitative estimate of drug-likeness (QED) is 0.348. The molecule has 0 fully saturated rings. The predicted octanol–water partition coefficient (Wildman–Crippen LogP) is -2.00. The SMILES string of the molecule is O.O.O=[N+]([O-])O.[Y]. The molecule has 0 spiro atoms. The van der Waals surface area contributed by atoms with Crippen LogP contribution >= 0.6 is 0 Å². The molecule has 7 heavy (non-hydrogen) atoms. The molecule has 0 heterocycles. The molecule has 5 N–H and O–H groups in total. The first-order valence-corrected chi connectivity index (χ1v) is 0.565. The molecule has 0 bridgehead atoms.